The van der Waals surface area contributed by atoms with Crippen molar-refractivity contribution in [3.05, 3.63) is 5.69 Å². The molecule has 0 unspecified atom stereocenters. The van der Waals surface area contributed by atoms with E-state index < -0.39 is 5.91 Å². The minimum absolute atomic E-state index is 0.0137. The van der Waals surface area contributed by atoms with Crippen molar-refractivity contribution in [3.63, 3.8) is 0 Å². The Morgan fingerprint density at radius 3 is 3.00 bits per heavy atom. The number of amidine groups is 1. The molecular formula is C6H7N5O2S. The van der Waals surface area contributed by atoms with Crippen LogP contribution in [0.15, 0.2) is 9.62 Å². The highest BCUT2D eigenvalue weighted by Gasteiger charge is 2.18. The average molecular weight is 213 g/mol. The topological polar surface area (TPSA) is 106 Å². The minimum atomic E-state index is -0.447. The van der Waals surface area contributed by atoms with Gasteiger partial charge in [-0.05, 0) is 10.3 Å². The molecule has 1 aliphatic heterocycles. The van der Waals surface area contributed by atoms with Crippen molar-refractivity contribution in [1.82, 2.24) is 15.6 Å². The van der Waals surface area contributed by atoms with Crippen LogP contribution in [0, 0.1) is 0 Å². The largest absolute Gasteiger partial charge is 0.379 e. The number of amides is 1. The third kappa shape index (κ3) is 1.69. The van der Waals surface area contributed by atoms with Crippen LogP contribution in [0.4, 0.5) is 5.82 Å². The number of carbonyl (C=O) groups excluding carboxylic acids is 1. The summed E-state index contributed by atoms with van der Waals surface area (Å²) < 4.78 is 4.30. The van der Waals surface area contributed by atoms with Gasteiger partial charge in [0.25, 0.3) is 5.91 Å². The van der Waals surface area contributed by atoms with Gasteiger partial charge in [0.1, 0.15) is 0 Å². The molecule has 0 saturated heterocycles. The van der Waals surface area contributed by atoms with E-state index in [-0.39, 0.29) is 11.5 Å². The summed E-state index contributed by atoms with van der Waals surface area (Å²) in [6, 6.07) is 0. The molecule has 2 rings (SSSR count). The molecule has 0 saturated carbocycles. The quantitative estimate of drug-likeness (QED) is 0.650. The monoisotopic (exact) mass is 213 g/mol. The van der Waals surface area contributed by atoms with Crippen molar-refractivity contribution >= 4 is 28.7 Å². The second-order valence-electron chi connectivity index (χ2n) is 2.49. The van der Waals surface area contributed by atoms with E-state index in [4.69, 9.17) is 5.73 Å². The van der Waals surface area contributed by atoms with Crippen LogP contribution in [0.3, 0.4) is 0 Å². The summed E-state index contributed by atoms with van der Waals surface area (Å²) >= 11 is 1.47. The standard InChI is InChI=1S/C6H7N5O2S/c7-4-3(10-13-11-4)5(12)9-6-8-1-2-14-6/h1-2H2,(H2,7,11)(H,8,9,12). The van der Waals surface area contributed by atoms with Crippen LogP contribution in [0.1, 0.15) is 10.5 Å². The maximum Gasteiger partial charge on any atom is 0.283 e. The third-order valence-electron chi connectivity index (χ3n) is 1.53. The van der Waals surface area contributed by atoms with E-state index in [1.54, 1.807) is 0 Å². The number of carbonyl (C=O) groups is 1. The molecule has 0 spiro atoms. The van der Waals surface area contributed by atoms with Gasteiger partial charge < -0.3 is 5.73 Å². The van der Waals surface area contributed by atoms with E-state index in [1.807, 2.05) is 0 Å². The number of anilines is 1. The maximum atomic E-state index is 11.4. The van der Waals surface area contributed by atoms with Crippen molar-refractivity contribution in [2.75, 3.05) is 18.0 Å². The van der Waals surface area contributed by atoms with Crippen LogP contribution in [0.5, 0.6) is 0 Å². The normalized spacial score (nSPS) is 15.3. The lowest BCUT2D eigenvalue weighted by Crippen LogP contribution is -2.28. The Balaban J connectivity index is 2.06. The summed E-state index contributed by atoms with van der Waals surface area (Å²) in [7, 11) is 0. The highest BCUT2D eigenvalue weighted by molar-refractivity contribution is 8.14. The van der Waals surface area contributed by atoms with E-state index in [1.165, 1.54) is 11.8 Å². The number of thioether (sulfide) groups is 1. The Hall–Kier alpha value is -1.57. The molecule has 3 N–H and O–H groups in total. The first kappa shape index (κ1) is 9.00. The zero-order valence-corrected chi connectivity index (χ0v) is 7.87. The predicted octanol–water partition coefficient (Wildman–Crippen LogP) is -0.516. The van der Waals surface area contributed by atoms with Gasteiger partial charge in [-0.2, -0.15) is 0 Å². The fraction of sp³-hybridized carbons (Fsp3) is 0.333. The van der Waals surface area contributed by atoms with E-state index in [9.17, 15) is 4.79 Å². The van der Waals surface area contributed by atoms with Gasteiger partial charge in [0.15, 0.2) is 5.17 Å². The first-order valence-electron chi connectivity index (χ1n) is 3.84. The van der Waals surface area contributed by atoms with Crippen LogP contribution in [-0.4, -0.2) is 33.7 Å². The Morgan fingerprint density at radius 1 is 1.57 bits per heavy atom. The predicted molar refractivity (Wildman–Crippen MR) is 50.9 cm³/mol. The fourth-order valence-electron chi connectivity index (χ4n) is 0.920. The van der Waals surface area contributed by atoms with Gasteiger partial charge in [-0.1, -0.05) is 11.8 Å². The Labute approximate surface area is 83.1 Å². The summed E-state index contributed by atoms with van der Waals surface area (Å²) in [6.45, 7) is 0.715. The molecule has 14 heavy (non-hydrogen) atoms. The second kappa shape index (κ2) is 3.66. The molecule has 74 valence electrons. The molecule has 0 aliphatic carbocycles. The first-order chi connectivity index (χ1) is 6.77. The molecule has 1 aromatic rings. The summed E-state index contributed by atoms with van der Waals surface area (Å²) in [6.07, 6.45) is 0. The summed E-state index contributed by atoms with van der Waals surface area (Å²) in [4.78, 5) is 15.5. The van der Waals surface area contributed by atoms with Gasteiger partial charge in [0.2, 0.25) is 11.5 Å². The van der Waals surface area contributed by atoms with Gasteiger partial charge in [-0.15, -0.1) is 0 Å². The fourth-order valence-corrected chi connectivity index (χ4v) is 1.64. The molecule has 0 fully saturated rings. The number of nitrogens with one attached hydrogen (secondary N) is 1. The van der Waals surface area contributed by atoms with Crippen molar-refractivity contribution in [1.29, 1.82) is 0 Å². The number of nitrogens with two attached hydrogens (primary N) is 1. The van der Waals surface area contributed by atoms with Crippen molar-refractivity contribution < 1.29 is 9.42 Å². The molecule has 1 amide bonds. The molecule has 8 heteroatoms. The minimum Gasteiger partial charge on any atom is -0.379 e. The van der Waals surface area contributed by atoms with Gasteiger partial charge in [0.05, 0.1) is 6.54 Å². The molecule has 1 aromatic heterocycles. The number of aromatic nitrogens is 2. The van der Waals surface area contributed by atoms with E-state index in [0.717, 1.165) is 5.75 Å². The molecule has 0 aromatic carbocycles. The van der Waals surface area contributed by atoms with E-state index in [2.05, 4.69) is 25.3 Å². The van der Waals surface area contributed by atoms with Crippen LogP contribution >= 0.6 is 11.8 Å². The highest BCUT2D eigenvalue weighted by atomic mass is 32.2. The zero-order valence-electron chi connectivity index (χ0n) is 7.06. The van der Waals surface area contributed by atoms with Crippen LogP contribution in [-0.2, 0) is 0 Å². The molecule has 0 bridgehead atoms. The number of hydrogen-bond acceptors (Lipinski definition) is 7. The zero-order chi connectivity index (χ0) is 9.97. The first-order valence-corrected chi connectivity index (χ1v) is 4.82. The molecule has 2 heterocycles. The van der Waals surface area contributed by atoms with Crippen LogP contribution in [0.25, 0.3) is 0 Å². The number of hydrogen-bond donors (Lipinski definition) is 2. The SMILES string of the molecule is Nc1nonc1C(=O)NC1=NCCS1. The molecule has 0 atom stereocenters. The second-order valence-corrected chi connectivity index (χ2v) is 3.57. The smallest absolute Gasteiger partial charge is 0.283 e. The Bertz CT molecular complexity index is 387. The van der Waals surface area contributed by atoms with Crippen LogP contribution in [0.2, 0.25) is 0 Å². The van der Waals surface area contributed by atoms with Crippen molar-refractivity contribution in [2.45, 2.75) is 0 Å². The van der Waals surface area contributed by atoms with E-state index in [0.29, 0.717) is 11.7 Å². The van der Waals surface area contributed by atoms with Gasteiger partial charge in [-0.3, -0.25) is 15.1 Å². The Morgan fingerprint density at radius 2 is 2.43 bits per heavy atom. The highest BCUT2D eigenvalue weighted by Crippen LogP contribution is 2.10. The number of nitrogen functional groups attached to an aromatic ring is 1. The number of rotatable bonds is 1. The summed E-state index contributed by atoms with van der Waals surface area (Å²) in [5.74, 6) is 0.408. The van der Waals surface area contributed by atoms with E-state index >= 15 is 0 Å². The lowest BCUT2D eigenvalue weighted by molar-refractivity contribution is 0.0969. The number of aliphatic imine (C=N–C) groups is 1. The average Bonchev–Trinajstić information content (AvgIpc) is 2.75. The molecule has 7 nitrogen and oxygen atoms in total. The van der Waals surface area contributed by atoms with Gasteiger partial charge in [0, 0.05) is 5.75 Å². The molecule has 1 aliphatic rings. The Kier molecular flexibility index (Phi) is 2.35. The molecule has 0 radical (unpaired) electrons. The lowest BCUT2D eigenvalue weighted by atomic mass is 10.4. The summed E-state index contributed by atoms with van der Waals surface area (Å²) in [5.41, 5.74) is 5.33. The third-order valence-corrected chi connectivity index (χ3v) is 2.43. The van der Waals surface area contributed by atoms with Crippen molar-refractivity contribution in [3.8, 4) is 0 Å². The maximum absolute atomic E-state index is 11.4. The van der Waals surface area contributed by atoms with Gasteiger partial charge >= 0.3 is 0 Å². The molecular weight excluding hydrogens is 206 g/mol. The van der Waals surface area contributed by atoms with Gasteiger partial charge in [-0.25, -0.2) is 4.63 Å². The summed E-state index contributed by atoms with van der Waals surface area (Å²) in [5, 5.41) is 9.80. The lowest BCUT2D eigenvalue weighted by Gasteiger charge is -1.99. The van der Waals surface area contributed by atoms with Crippen LogP contribution < -0.4 is 11.1 Å². The van der Waals surface area contributed by atoms with Crippen molar-refractivity contribution in [2.24, 2.45) is 4.99 Å². The number of nitrogens with zero attached hydrogens (tertiary/aromatic N) is 3.